The SMILES string of the molecule is CC(=O)Nc1ccc(N(C[C@H]2CCCN2)C(=O)COc2ccccc2)cc1. The van der Waals surface area contributed by atoms with Gasteiger partial charge in [0.1, 0.15) is 5.75 Å². The summed E-state index contributed by atoms with van der Waals surface area (Å²) in [6.07, 6.45) is 2.17. The van der Waals surface area contributed by atoms with E-state index in [9.17, 15) is 9.59 Å². The Hall–Kier alpha value is -2.86. The molecule has 27 heavy (non-hydrogen) atoms. The number of nitrogens with one attached hydrogen (secondary N) is 2. The highest BCUT2D eigenvalue weighted by molar-refractivity contribution is 5.95. The van der Waals surface area contributed by atoms with Crippen molar-refractivity contribution in [2.75, 3.05) is 29.9 Å². The van der Waals surface area contributed by atoms with Gasteiger partial charge in [-0.15, -0.1) is 0 Å². The van der Waals surface area contributed by atoms with Gasteiger partial charge in [-0.1, -0.05) is 18.2 Å². The molecule has 2 N–H and O–H groups in total. The van der Waals surface area contributed by atoms with Crippen LogP contribution in [0.4, 0.5) is 11.4 Å². The molecule has 2 aromatic carbocycles. The van der Waals surface area contributed by atoms with Crippen LogP contribution in [0.3, 0.4) is 0 Å². The normalized spacial score (nSPS) is 16.0. The lowest BCUT2D eigenvalue weighted by Crippen LogP contribution is -2.43. The van der Waals surface area contributed by atoms with Crippen LogP contribution in [0.2, 0.25) is 0 Å². The summed E-state index contributed by atoms with van der Waals surface area (Å²) in [4.78, 5) is 25.8. The summed E-state index contributed by atoms with van der Waals surface area (Å²) in [6, 6.07) is 16.9. The van der Waals surface area contributed by atoms with Crippen LogP contribution in [0.1, 0.15) is 19.8 Å². The summed E-state index contributed by atoms with van der Waals surface area (Å²) in [5.74, 6) is 0.452. The first-order valence-corrected chi connectivity index (χ1v) is 9.21. The molecule has 0 bridgehead atoms. The third-order valence-corrected chi connectivity index (χ3v) is 4.47. The minimum absolute atomic E-state index is 0.0236. The third kappa shape index (κ3) is 5.56. The highest BCUT2D eigenvalue weighted by atomic mass is 16.5. The van der Waals surface area contributed by atoms with E-state index in [4.69, 9.17) is 4.74 Å². The molecule has 3 rings (SSSR count). The molecule has 6 heteroatoms. The van der Waals surface area contributed by atoms with Gasteiger partial charge in [-0.3, -0.25) is 9.59 Å². The van der Waals surface area contributed by atoms with Crippen LogP contribution < -0.4 is 20.3 Å². The quantitative estimate of drug-likeness (QED) is 0.789. The van der Waals surface area contributed by atoms with Crippen LogP contribution >= 0.6 is 0 Å². The molecule has 2 amide bonds. The number of rotatable bonds is 7. The van der Waals surface area contributed by atoms with Crippen molar-refractivity contribution in [3.05, 3.63) is 54.6 Å². The standard InChI is InChI=1S/C21H25N3O3/c1-16(25)23-17-9-11-19(12-10-17)24(14-18-6-5-13-22-18)21(26)15-27-20-7-3-2-4-8-20/h2-4,7-12,18,22H,5-6,13-15H2,1H3,(H,23,25)/t18-/m1/s1. The Morgan fingerprint density at radius 1 is 1.15 bits per heavy atom. The molecule has 6 nitrogen and oxygen atoms in total. The van der Waals surface area contributed by atoms with Crippen molar-refractivity contribution in [1.82, 2.24) is 5.32 Å². The smallest absolute Gasteiger partial charge is 0.264 e. The van der Waals surface area contributed by atoms with E-state index >= 15 is 0 Å². The Morgan fingerprint density at radius 3 is 2.52 bits per heavy atom. The van der Waals surface area contributed by atoms with Gasteiger partial charge in [0.15, 0.2) is 6.61 Å². The fraction of sp³-hybridized carbons (Fsp3) is 0.333. The van der Waals surface area contributed by atoms with Gasteiger partial charge in [0.25, 0.3) is 5.91 Å². The molecule has 1 saturated heterocycles. The highest BCUT2D eigenvalue weighted by Crippen LogP contribution is 2.21. The molecule has 0 radical (unpaired) electrons. The Labute approximate surface area is 159 Å². The van der Waals surface area contributed by atoms with Crippen LogP contribution in [-0.2, 0) is 9.59 Å². The minimum atomic E-state index is -0.123. The number of hydrogen-bond donors (Lipinski definition) is 2. The van der Waals surface area contributed by atoms with Crippen LogP contribution in [0.25, 0.3) is 0 Å². The lowest BCUT2D eigenvalue weighted by molar-refractivity contribution is -0.120. The van der Waals surface area contributed by atoms with Gasteiger partial charge in [-0.2, -0.15) is 0 Å². The maximum absolute atomic E-state index is 12.9. The van der Waals surface area contributed by atoms with Gasteiger partial charge >= 0.3 is 0 Å². The van der Waals surface area contributed by atoms with E-state index in [-0.39, 0.29) is 24.5 Å². The van der Waals surface area contributed by atoms with Crippen molar-refractivity contribution >= 4 is 23.2 Å². The molecular weight excluding hydrogens is 342 g/mol. The van der Waals surface area contributed by atoms with E-state index in [2.05, 4.69) is 10.6 Å². The van der Waals surface area contributed by atoms with E-state index in [1.165, 1.54) is 6.92 Å². The van der Waals surface area contributed by atoms with Crippen molar-refractivity contribution in [1.29, 1.82) is 0 Å². The van der Waals surface area contributed by atoms with Crippen LogP contribution in [0, 0.1) is 0 Å². The molecule has 0 aromatic heterocycles. The van der Waals surface area contributed by atoms with Gasteiger partial charge in [-0.25, -0.2) is 0 Å². The number of benzene rings is 2. The molecule has 1 aliphatic rings. The second kappa shape index (κ2) is 9.19. The Balaban J connectivity index is 1.71. The molecule has 142 valence electrons. The van der Waals surface area contributed by atoms with Crippen molar-refractivity contribution in [3.8, 4) is 5.75 Å². The van der Waals surface area contributed by atoms with Gasteiger partial charge in [0.05, 0.1) is 0 Å². The van der Waals surface area contributed by atoms with E-state index in [0.717, 1.165) is 25.1 Å². The fourth-order valence-corrected chi connectivity index (χ4v) is 3.15. The topological polar surface area (TPSA) is 70.7 Å². The molecule has 1 atom stereocenters. The summed E-state index contributed by atoms with van der Waals surface area (Å²) in [5, 5.41) is 6.17. The summed E-state index contributed by atoms with van der Waals surface area (Å²) in [6.45, 7) is 3.02. The number of hydrogen-bond acceptors (Lipinski definition) is 4. The number of para-hydroxylation sites is 1. The van der Waals surface area contributed by atoms with Crippen molar-refractivity contribution in [2.24, 2.45) is 0 Å². The molecule has 2 aromatic rings. The summed E-state index contributed by atoms with van der Waals surface area (Å²) in [7, 11) is 0. The van der Waals surface area contributed by atoms with Gasteiger partial charge < -0.3 is 20.3 Å². The monoisotopic (exact) mass is 367 g/mol. The van der Waals surface area contributed by atoms with E-state index in [1.807, 2.05) is 42.5 Å². The zero-order chi connectivity index (χ0) is 19.1. The zero-order valence-electron chi connectivity index (χ0n) is 15.5. The summed E-state index contributed by atoms with van der Waals surface area (Å²) in [5.41, 5.74) is 1.50. The largest absolute Gasteiger partial charge is 0.484 e. The van der Waals surface area contributed by atoms with E-state index in [1.54, 1.807) is 17.0 Å². The van der Waals surface area contributed by atoms with Gasteiger partial charge in [0.2, 0.25) is 5.91 Å². The first kappa shape index (κ1) is 18.9. The second-order valence-electron chi connectivity index (χ2n) is 6.63. The van der Waals surface area contributed by atoms with Crippen LogP contribution in [-0.4, -0.2) is 37.6 Å². The molecule has 0 aliphatic carbocycles. The fourth-order valence-electron chi connectivity index (χ4n) is 3.15. The maximum atomic E-state index is 12.9. The maximum Gasteiger partial charge on any atom is 0.264 e. The lowest BCUT2D eigenvalue weighted by Gasteiger charge is -2.26. The van der Waals surface area contributed by atoms with Crippen molar-refractivity contribution in [3.63, 3.8) is 0 Å². The van der Waals surface area contributed by atoms with Gasteiger partial charge in [-0.05, 0) is 55.8 Å². The molecule has 0 unspecified atom stereocenters. The first-order chi connectivity index (χ1) is 13.1. The Kier molecular flexibility index (Phi) is 6.44. The number of carbonyl (C=O) groups is 2. The van der Waals surface area contributed by atoms with Crippen LogP contribution in [0.5, 0.6) is 5.75 Å². The molecule has 1 fully saturated rings. The van der Waals surface area contributed by atoms with E-state index < -0.39 is 0 Å². The predicted molar refractivity (Wildman–Crippen MR) is 106 cm³/mol. The summed E-state index contributed by atoms with van der Waals surface area (Å²) < 4.78 is 5.64. The lowest BCUT2D eigenvalue weighted by atomic mass is 10.2. The molecule has 1 aliphatic heterocycles. The van der Waals surface area contributed by atoms with Crippen molar-refractivity contribution < 1.29 is 14.3 Å². The molecule has 0 saturated carbocycles. The van der Waals surface area contributed by atoms with Gasteiger partial charge in [0, 0.05) is 30.9 Å². The molecular formula is C21H25N3O3. The number of nitrogens with zero attached hydrogens (tertiary/aromatic N) is 1. The average molecular weight is 367 g/mol. The molecule has 0 spiro atoms. The van der Waals surface area contributed by atoms with Crippen LogP contribution in [0.15, 0.2) is 54.6 Å². The number of carbonyl (C=O) groups excluding carboxylic acids is 2. The minimum Gasteiger partial charge on any atom is -0.484 e. The third-order valence-electron chi connectivity index (χ3n) is 4.47. The predicted octanol–water partition coefficient (Wildman–Crippen LogP) is 2.81. The Morgan fingerprint density at radius 2 is 1.89 bits per heavy atom. The Bertz CT molecular complexity index is 756. The number of ether oxygens (including phenoxy) is 1. The van der Waals surface area contributed by atoms with E-state index in [0.29, 0.717) is 18.0 Å². The average Bonchev–Trinajstić information content (AvgIpc) is 3.19. The highest BCUT2D eigenvalue weighted by Gasteiger charge is 2.23. The summed E-state index contributed by atoms with van der Waals surface area (Å²) >= 11 is 0. The number of amides is 2. The number of anilines is 2. The first-order valence-electron chi connectivity index (χ1n) is 9.21. The molecule has 1 heterocycles. The van der Waals surface area contributed by atoms with Crippen molar-refractivity contribution in [2.45, 2.75) is 25.8 Å². The second-order valence-corrected chi connectivity index (χ2v) is 6.63. The zero-order valence-corrected chi connectivity index (χ0v) is 15.5.